The van der Waals surface area contributed by atoms with Crippen LogP contribution in [0.2, 0.25) is 0 Å². The topological polar surface area (TPSA) is 86.3 Å². The molecule has 6 heteroatoms. The van der Waals surface area contributed by atoms with Crippen LogP contribution in [0.25, 0.3) is 0 Å². The minimum absolute atomic E-state index is 0.00268. The van der Waals surface area contributed by atoms with Crippen LogP contribution in [0.5, 0.6) is 11.5 Å². The highest BCUT2D eigenvalue weighted by Gasteiger charge is 2.22. The summed E-state index contributed by atoms with van der Waals surface area (Å²) in [6, 6.07) is 5.10. The summed E-state index contributed by atoms with van der Waals surface area (Å²) in [4.78, 5) is 0. The Morgan fingerprint density at radius 3 is 2.82 bits per heavy atom. The number of nitrogens with two attached hydrogens (primary N) is 1. The molecule has 92 valence electrons. The van der Waals surface area contributed by atoms with Gasteiger partial charge in [0, 0.05) is 6.07 Å². The van der Waals surface area contributed by atoms with Crippen LogP contribution in [0.1, 0.15) is 5.56 Å². The van der Waals surface area contributed by atoms with Gasteiger partial charge >= 0.3 is 0 Å². The lowest BCUT2D eigenvalue weighted by Gasteiger charge is -2.27. The van der Waals surface area contributed by atoms with Crippen molar-refractivity contribution in [2.45, 2.75) is 6.10 Å². The minimum Gasteiger partial charge on any atom is -0.497 e. The molecule has 0 unspecified atom stereocenters. The second-order valence-corrected chi connectivity index (χ2v) is 3.62. The Labute approximate surface area is 98.6 Å². The first kappa shape index (κ1) is 11.5. The molecule has 0 bridgehead atoms. The van der Waals surface area contributed by atoms with Crippen LogP contribution in [0.15, 0.2) is 23.4 Å². The van der Waals surface area contributed by atoms with E-state index in [1.807, 2.05) is 0 Å². The monoisotopic (exact) mass is 238 g/mol. The highest BCUT2D eigenvalue weighted by molar-refractivity contribution is 5.99. The first-order valence-corrected chi connectivity index (χ1v) is 5.15. The lowest BCUT2D eigenvalue weighted by Crippen LogP contribution is -2.39. The third-order valence-corrected chi connectivity index (χ3v) is 2.47. The van der Waals surface area contributed by atoms with Crippen LogP contribution in [-0.2, 0) is 4.74 Å². The van der Waals surface area contributed by atoms with Crippen molar-refractivity contribution in [3.05, 3.63) is 23.8 Å². The van der Waals surface area contributed by atoms with Crippen LogP contribution < -0.4 is 15.2 Å². The molecule has 0 amide bonds. The summed E-state index contributed by atoms with van der Waals surface area (Å²) >= 11 is 0. The molecule has 0 saturated carbocycles. The number of nitrogens with zero attached hydrogens (tertiary/aromatic N) is 1. The molecular weight excluding hydrogens is 224 g/mol. The molecule has 0 aromatic heterocycles. The molecule has 0 radical (unpaired) electrons. The van der Waals surface area contributed by atoms with Crippen LogP contribution in [0.3, 0.4) is 0 Å². The molecule has 1 aliphatic rings. The van der Waals surface area contributed by atoms with Crippen molar-refractivity contribution >= 4 is 5.84 Å². The summed E-state index contributed by atoms with van der Waals surface area (Å²) in [7, 11) is 1.56. The van der Waals surface area contributed by atoms with Crippen LogP contribution >= 0.6 is 0 Å². The molecule has 0 atom stereocenters. The lowest BCUT2D eigenvalue weighted by molar-refractivity contribution is -0.0797. The fourth-order valence-corrected chi connectivity index (χ4v) is 1.45. The van der Waals surface area contributed by atoms with E-state index in [-0.39, 0.29) is 11.9 Å². The molecule has 0 aliphatic carbocycles. The van der Waals surface area contributed by atoms with Crippen LogP contribution in [0, 0.1) is 0 Å². The third-order valence-electron chi connectivity index (χ3n) is 2.47. The SMILES string of the molecule is COc1ccc(/C(N)=N/O)c(OC2COC2)c1. The maximum absolute atomic E-state index is 8.70. The van der Waals surface area contributed by atoms with Crippen molar-refractivity contribution in [1.29, 1.82) is 0 Å². The molecule has 2 rings (SSSR count). The first-order valence-electron chi connectivity index (χ1n) is 5.15. The molecule has 1 aliphatic heterocycles. The molecule has 1 aromatic carbocycles. The average molecular weight is 238 g/mol. The molecule has 3 N–H and O–H groups in total. The number of benzene rings is 1. The highest BCUT2D eigenvalue weighted by atomic mass is 16.6. The average Bonchev–Trinajstić information content (AvgIpc) is 2.32. The van der Waals surface area contributed by atoms with E-state index in [9.17, 15) is 0 Å². The molecule has 6 nitrogen and oxygen atoms in total. The Balaban J connectivity index is 2.29. The Bertz CT molecular complexity index is 429. The standard InChI is InChI=1S/C11H14N2O4/c1-15-7-2-3-9(11(12)13-14)10(4-7)17-8-5-16-6-8/h2-4,8,14H,5-6H2,1H3,(H2,12,13). The Kier molecular flexibility index (Phi) is 3.34. The van der Waals surface area contributed by atoms with E-state index in [4.69, 9.17) is 25.2 Å². The summed E-state index contributed by atoms with van der Waals surface area (Å²) in [6.07, 6.45) is 0.00680. The smallest absolute Gasteiger partial charge is 0.173 e. The van der Waals surface area contributed by atoms with E-state index in [1.165, 1.54) is 0 Å². The van der Waals surface area contributed by atoms with Crippen molar-refractivity contribution in [3.63, 3.8) is 0 Å². The number of rotatable bonds is 4. The minimum atomic E-state index is 0.00268. The lowest BCUT2D eigenvalue weighted by atomic mass is 10.1. The zero-order valence-electron chi connectivity index (χ0n) is 9.42. The van der Waals surface area contributed by atoms with Gasteiger partial charge in [-0.2, -0.15) is 0 Å². The molecule has 1 fully saturated rings. The number of methoxy groups -OCH3 is 1. The van der Waals surface area contributed by atoms with Gasteiger partial charge in [-0.1, -0.05) is 5.16 Å². The number of ether oxygens (including phenoxy) is 3. The molecule has 1 aromatic rings. The van der Waals surface area contributed by atoms with E-state index in [2.05, 4.69) is 5.16 Å². The van der Waals surface area contributed by atoms with E-state index in [1.54, 1.807) is 25.3 Å². The summed E-state index contributed by atoms with van der Waals surface area (Å²) in [5.74, 6) is 1.17. The first-order chi connectivity index (χ1) is 8.24. The van der Waals surface area contributed by atoms with Gasteiger partial charge in [-0.25, -0.2) is 0 Å². The van der Waals surface area contributed by atoms with Crippen LogP contribution in [-0.4, -0.2) is 37.5 Å². The third kappa shape index (κ3) is 2.42. The fraction of sp³-hybridized carbons (Fsp3) is 0.364. The van der Waals surface area contributed by atoms with Crippen LogP contribution in [0.4, 0.5) is 0 Å². The fourth-order valence-electron chi connectivity index (χ4n) is 1.45. The number of hydrogen-bond donors (Lipinski definition) is 2. The van der Waals surface area contributed by atoms with Gasteiger partial charge in [0.15, 0.2) is 5.84 Å². The summed E-state index contributed by atoms with van der Waals surface area (Å²) < 4.78 is 15.8. The number of amidine groups is 1. The maximum atomic E-state index is 8.70. The Morgan fingerprint density at radius 2 is 2.29 bits per heavy atom. The zero-order chi connectivity index (χ0) is 12.3. The van der Waals surface area contributed by atoms with Crippen molar-refractivity contribution in [3.8, 4) is 11.5 Å². The largest absolute Gasteiger partial charge is 0.497 e. The van der Waals surface area contributed by atoms with Crippen molar-refractivity contribution < 1.29 is 19.4 Å². The Hall–Kier alpha value is -1.95. The normalized spacial score (nSPS) is 16.4. The van der Waals surface area contributed by atoms with Gasteiger partial charge in [0.1, 0.15) is 17.6 Å². The van der Waals surface area contributed by atoms with Gasteiger partial charge in [-0.05, 0) is 12.1 Å². The molecule has 0 spiro atoms. The van der Waals surface area contributed by atoms with Gasteiger partial charge in [-0.15, -0.1) is 0 Å². The summed E-state index contributed by atoms with van der Waals surface area (Å²) in [5.41, 5.74) is 6.10. The van der Waals surface area contributed by atoms with E-state index in [0.29, 0.717) is 30.3 Å². The second kappa shape index (κ2) is 4.92. The zero-order valence-corrected chi connectivity index (χ0v) is 9.42. The second-order valence-electron chi connectivity index (χ2n) is 3.62. The number of hydrogen-bond acceptors (Lipinski definition) is 5. The van der Waals surface area contributed by atoms with Crippen molar-refractivity contribution in [2.75, 3.05) is 20.3 Å². The predicted molar refractivity (Wildman–Crippen MR) is 60.7 cm³/mol. The van der Waals surface area contributed by atoms with E-state index in [0.717, 1.165) is 0 Å². The maximum Gasteiger partial charge on any atom is 0.173 e. The highest BCUT2D eigenvalue weighted by Crippen LogP contribution is 2.26. The van der Waals surface area contributed by atoms with E-state index >= 15 is 0 Å². The quantitative estimate of drug-likeness (QED) is 0.346. The summed E-state index contributed by atoms with van der Waals surface area (Å²) in [5, 5.41) is 11.7. The number of oxime groups is 1. The van der Waals surface area contributed by atoms with Gasteiger partial charge in [0.05, 0.1) is 25.9 Å². The molecule has 1 heterocycles. The summed E-state index contributed by atoms with van der Waals surface area (Å²) in [6.45, 7) is 1.10. The van der Waals surface area contributed by atoms with Gasteiger partial charge in [-0.3, -0.25) is 0 Å². The van der Waals surface area contributed by atoms with E-state index < -0.39 is 0 Å². The van der Waals surface area contributed by atoms with Gasteiger partial charge in [0.25, 0.3) is 0 Å². The Morgan fingerprint density at radius 1 is 1.53 bits per heavy atom. The molecule has 1 saturated heterocycles. The van der Waals surface area contributed by atoms with Gasteiger partial charge < -0.3 is 25.2 Å². The van der Waals surface area contributed by atoms with Crippen molar-refractivity contribution in [1.82, 2.24) is 0 Å². The molecular formula is C11H14N2O4. The van der Waals surface area contributed by atoms with Gasteiger partial charge in [0.2, 0.25) is 0 Å². The molecule has 17 heavy (non-hydrogen) atoms. The predicted octanol–water partition coefficient (Wildman–Crippen LogP) is 0.567. The van der Waals surface area contributed by atoms with Crippen molar-refractivity contribution in [2.24, 2.45) is 10.9 Å².